The maximum Gasteiger partial charge on any atom is 0.301 e. The maximum atomic E-state index is 13.9. The molecule has 4 heterocycles. The van der Waals surface area contributed by atoms with E-state index in [1.807, 2.05) is 42.6 Å². The Morgan fingerprint density at radius 2 is 1.92 bits per heavy atom. The summed E-state index contributed by atoms with van der Waals surface area (Å²) in [6.07, 6.45) is 3.44. The van der Waals surface area contributed by atoms with Gasteiger partial charge in [-0.05, 0) is 67.8 Å². The van der Waals surface area contributed by atoms with Crippen LogP contribution in [0.5, 0.6) is 11.5 Å². The van der Waals surface area contributed by atoms with Gasteiger partial charge in [-0.15, -0.1) is 10.2 Å². The van der Waals surface area contributed by atoms with Crippen LogP contribution < -0.4 is 14.4 Å². The van der Waals surface area contributed by atoms with Crippen molar-refractivity contribution in [3.05, 3.63) is 111 Å². The molecule has 0 spiro atoms. The number of pyridine rings is 1. The summed E-state index contributed by atoms with van der Waals surface area (Å²) in [6.45, 7) is 9.82. The molecule has 3 aromatic heterocycles. The smallest absolute Gasteiger partial charge is 0.301 e. The number of aromatic nitrogens is 4. The zero-order valence-corrected chi connectivity index (χ0v) is 29.2. The van der Waals surface area contributed by atoms with Gasteiger partial charge in [0, 0.05) is 22.0 Å². The largest absolute Gasteiger partial charge is 0.505 e. The van der Waals surface area contributed by atoms with Crippen LogP contribution in [-0.4, -0.2) is 49.6 Å². The number of thioether (sulfide) groups is 1. The van der Waals surface area contributed by atoms with Crippen LogP contribution in [0.2, 0.25) is 10.0 Å². The SMILES string of the molecule is C=CCOc1ccc(C2C(=C(O)c3nc4c(C)cccn4c3C)C(=O)C(=O)N2c2nnc(SCc3ccc(Cl)cc3Cl)s2)cc1OCC. The molecule has 1 atom stereocenters. The van der Waals surface area contributed by atoms with E-state index in [2.05, 4.69) is 21.8 Å². The van der Waals surface area contributed by atoms with Crippen molar-refractivity contribution in [3.63, 3.8) is 0 Å². The van der Waals surface area contributed by atoms with Gasteiger partial charge in [0.1, 0.15) is 17.9 Å². The predicted molar refractivity (Wildman–Crippen MR) is 189 cm³/mol. The first kappa shape index (κ1) is 33.5. The number of nitrogens with zero attached hydrogens (tertiary/aromatic N) is 5. The lowest BCUT2D eigenvalue weighted by Gasteiger charge is -2.23. The number of aliphatic hydroxyl groups excluding tert-OH is 1. The average molecular weight is 723 g/mol. The van der Waals surface area contributed by atoms with Gasteiger partial charge in [0.05, 0.1) is 23.9 Å². The van der Waals surface area contributed by atoms with E-state index in [1.54, 1.807) is 43.3 Å². The Bertz CT molecular complexity index is 2110. The van der Waals surface area contributed by atoms with Crippen molar-refractivity contribution in [1.29, 1.82) is 0 Å². The third-order valence-electron chi connectivity index (χ3n) is 7.66. The lowest BCUT2D eigenvalue weighted by molar-refractivity contribution is -0.132. The van der Waals surface area contributed by atoms with Crippen LogP contribution >= 0.6 is 46.3 Å². The van der Waals surface area contributed by atoms with Crippen LogP contribution in [0, 0.1) is 13.8 Å². The lowest BCUT2D eigenvalue weighted by atomic mass is 9.96. The number of hydrogen-bond acceptors (Lipinski definition) is 10. The number of amides is 1. The zero-order chi connectivity index (χ0) is 34.1. The number of fused-ring (bicyclic) bond motifs is 1. The number of anilines is 1. The van der Waals surface area contributed by atoms with Crippen molar-refractivity contribution in [2.75, 3.05) is 18.1 Å². The monoisotopic (exact) mass is 721 g/mol. The summed E-state index contributed by atoms with van der Waals surface area (Å²) in [7, 11) is 0. The molecule has 0 bridgehead atoms. The fraction of sp³-hybridized carbons (Fsp3) is 0.206. The number of imidazole rings is 1. The molecule has 1 saturated heterocycles. The molecule has 246 valence electrons. The molecule has 2 aromatic carbocycles. The number of hydrogen-bond donors (Lipinski definition) is 1. The van der Waals surface area contributed by atoms with Crippen LogP contribution in [-0.2, 0) is 15.3 Å². The molecule has 1 unspecified atom stereocenters. The molecule has 5 aromatic rings. The molecule has 1 fully saturated rings. The second-order valence-corrected chi connectivity index (χ2v) is 13.7. The third-order valence-corrected chi connectivity index (χ3v) is 10.4. The maximum absolute atomic E-state index is 13.9. The summed E-state index contributed by atoms with van der Waals surface area (Å²) in [5.74, 6) is -0.813. The normalized spacial score (nSPS) is 15.8. The molecule has 0 saturated carbocycles. The number of carbonyl (C=O) groups is 2. The molecule has 14 heteroatoms. The number of halogens is 2. The van der Waals surface area contributed by atoms with E-state index in [0.29, 0.717) is 55.1 Å². The van der Waals surface area contributed by atoms with Crippen molar-refractivity contribution in [1.82, 2.24) is 19.6 Å². The highest BCUT2D eigenvalue weighted by Gasteiger charge is 2.49. The zero-order valence-electron chi connectivity index (χ0n) is 26.1. The third kappa shape index (κ3) is 6.28. The summed E-state index contributed by atoms with van der Waals surface area (Å²) in [5, 5.41) is 21.7. The Hall–Kier alpha value is -4.36. The Kier molecular flexibility index (Phi) is 9.79. The van der Waals surface area contributed by atoms with Gasteiger partial charge in [0.25, 0.3) is 5.78 Å². The molecule has 1 aliphatic heterocycles. The van der Waals surface area contributed by atoms with Crippen molar-refractivity contribution in [2.45, 2.75) is 36.9 Å². The van der Waals surface area contributed by atoms with E-state index >= 15 is 0 Å². The fourth-order valence-electron chi connectivity index (χ4n) is 5.39. The number of Topliss-reactive ketones (excluding diaryl/α,β-unsaturated/α-hetero) is 1. The Morgan fingerprint density at radius 3 is 2.65 bits per heavy atom. The number of rotatable bonds is 11. The molecular weight excluding hydrogens is 693 g/mol. The molecule has 1 amide bonds. The number of benzene rings is 2. The lowest BCUT2D eigenvalue weighted by Crippen LogP contribution is -2.29. The molecule has 1 aliphatic rings. The van der Waals surface area contributed by atoms with Crippen molar-refractivity contribution in [2.24, 2.45) is 0 Å². The van der Waals surface area contributed by atoms with Gasteiger partial charge in [-0.1, -0.05) is 77.2 Å². The highest BCUT2D eigenvalue weighted by molar-refractivity contribution is 8.00. The minimum atomic E-state index is -1.08. The highest BCUT2D eigenvalue weighted by atomic mass is 35.5. The van der Waals surface area contributed by atoms with Gasteiger partial charge in [-0.3, -0.25) is 14.5 Å². The molecule has 48 heavy (non-hydrogen) atoms. The van der Waals surface area contributed by atoms with Crippen LogP contribution in [0.3, 0.4) is 0 Å². The molecule has 0 radical (unpaired) electrons. The van der Waals surface area contributed by atoms with Crippen LogP contribution in [0.4, 0.5) is 5.13 Å². The summed E-state index contributed by atoms with van der Waals surface area (Å²) in [5.41, 5.74) is 3.50. The van der Waals surface area contributed by atoms with E-state index < -0.39 is 23.5 Å². The van der Waals surface area contributed by atoms with Crippen molar-refractivity contribution < 1.29 is 24.2 Å². The summed E-state index contributed by atoms with van der Waals surface area (Å²) >= 11 is 14.9. The standard InChI is InChI=1S/C34H29Cl2N5O5S2/c1-5-14-46-24-12-10-20(15-25(24)45-6-2)28-26(29(42)27-19(4)40-13-7-8-18(3)31(40)37-27)30(43)32(44)41(28)33-38-39-34(48-33)47-17-21-9-11-22(35)16-23(21)36/h5,7-13,15-16,28,42H,1,6,14,17H2,2-4H3. The quantitative estimate of drug-likeness (QED) is 0.0361. The van der Waals surface area contributed by atoms with E-state index in [9.17, 15) is 14.7 Å². The Morgan fingerprint density at radius 1 is 1.10 bits per heavy atom. The van der Waals surface area contributed by atoms with E-state index in [4.69, 9.17) is 32.7 Å². The number of aryl methyl sites for hydroxylation is 2. The molecule has 0 aliphatic carbocycles. The summed E-state index contributed by atoms with van der Waals surface area (Å²) in [6, 6.07) is 13.1. The van der Waals surface area contributed by atoms with Crippen LogP contribution in [0.15, 0.2) is 77.3 Å². The van der Waals surface area contributed by atoms with E-state index in [-0.39, 0.29) is 23.0 Å². The first-order valence-corrected chi connectivity index (χ1v) is 17.3. The molecule has 10 nitrogen and oxygen atoms in total. The highest BCUT2D eigenvalue weighted by Crippen LogP contribution is 2.46. The first-order chi connectivity index (χ1) is 23.1. The Balaban J connectivity index is 1.46. The second-order valence-electron chi connectivity index (χ2n) is 10.7. The number of ether oxygens (including phenoxy) is 2. The Labute approximate surface area is 294 Å². The second kappa shape index (κ2) is 14.0. The predicted octanol–water partition coefficient (Wildman–Crippen LogP) is 7.99. The summed E-state index contributed by atoms with van der Waals surface area (Å²) < 4.78 is 14.1. The minimum Gasteiger partial charge on any atom is -0.505 e. The van der Waals surface area contributed by atoms with E-state index in [0.717, 1.165) is 22.5 Å². The topological polar surface area (TPSA) is 119 Å². The minimum absolute atomic E-state index is 0.135. The molecule has 1 N–H and O–H groups in total. The average Bonchev–Trinajstić information content (AvgIpc) is 3.75. The first-order valence-electron chi connectivity index (χ1n) is 14.8. The number of carbonyl (C=O) groups excluding carboxylic acids is 2. The number of ketones is 1. The van der Waals surface area contributed by atoms with Gasteiger partial charge in [0.2, 0.25) is 5.13 Å². The van der Waals surface area contributed by atoms with Gasteiger partial charge in [-0.2, -0.15) is 0 Å². The van der Waals surface area contributed by atoms with Crippen molar-refractivity contribution in [3.8, 4) is 11.5 Å². The van der Waals surface area contributed by atoms with Crippen molar-refractivity contribution >= 4 is 74.5 Å². The van der Waals surface area contributed by atoms with Gasteiger partial charge < -0.3 is 19.0 Å². The van der Waals surface area contributed by atoms with E-state index in [1.165, 1.54) is 16.7 Å². The van der Waals surface area contributed by atoms with Crippen LogP contribution in [0.25, 0.3) is 11.4 Å². The van der Waals surface area contributed by atoms with Gasteiger partial charge >= 0.3 is 5.91 Å². The number of aliphatic hydroxyl groups is 1. The van der Waals surface area contributed by atoms with Gasteiger partial charge in [-0.25, -0.2) is 4.98 Å². The molecule has 6 rings (SSSR count). The van der Waals surface area contributed by atoms with Crippen LogP contribution in [0.1, 0.15) is 41.0 Å². The summed E-state index contributed by atoms with van der Waals surface area (Å²) in [4.78, 5) is 33.7. The fourth-order valence-corrected chi connectivity index (χ4v) is 7.81. The molecular formula is C34H29Cl2N5O5S2. The van der Waals surface area contributed by atoms with Gasteiger partial charge in [0.15, 0.2) is 21.6 Å².